The van der Waals surface area contributed by atoms with Gasteiger partial charge in [-0.2, -0.15) is 0 Å². The van der Waals surface area contributed by atoms with E-state index < -0.39 is 6.10 Å². The molecule has 2 rings (SSSR count). The summed E-state index contributed by atoms with van der Waals surface area (Å²) in [5, 5.41) is 9.89. The highest BCUT2D eigenvalue weighted by atomic mass is 16.5. The van der Waals surface area contributed by atoms with Crippen LogP contribution in [0.3, 0.4) is 0 Å². The summed E-state index contributed by atoms with van der Waals surface area (Å²) in [5.41, 5.74) is 0.480. The van der Waals surface area contributed by atoms with Gasteiger partial charge in [0.15, 0.2) is 0 Å². The van der Waals surface area contributed by atoms with Crippen LogP contribution in [0.5, 0.6) is 5.75 Å². The van der Waals surface area contributed by atoms with Crippen LogP contribution in [-0.2, 0) is 0 Å². The number of aromatic nitrogens is 1. The molecule has 1 atom stereocenters. The molecule has 1 aliphatic rings. The van der Waals surface area contributed by atoms with Crippen molar-refractivity contribution < 1.29 is 14.6 Å². The molecule has 1 aromatic rings. The van der Waals surface area contributed by atoms with Crippen LogP contribution in [0.2, 0.25) is 0 Å². The number of amides is 1. The molecule has 0 spiro atoms. The number of aliphatic hydroxyl groups is 1. The summed E-state index contributed by atoms with van der Waals surface area (Å²) in [7, 11) is 1.70. The Kier molecular flexibility index (Phi) is 4.60. The lowest BCUT2D eigenvalue weighted by atomic mass is 10.2. The second-order valence-electron chi connectivity index (χ2n) is 5.67. The third kappa shape index (κ3) is 3.93. The van der Waals surface area contributed by atoms with E-state index >= 15 is 0 Å². The van der Waals surface area contributed by atoms with Crippen molar-refractivity contribution in [2.45, 2.75) is 38.9 Å². The normalized spacial score (nSPS) is 16.1. The number of aliphatic hydroxyl groups excluding tert-OH is 1. The second-order valence-corrected chi connectivity index (χ2v) is 5.67. The molecule has 1 fully saturated rings. The fourth-order valence-electron chi connectivity index (χ4n) is 2.09. The smallest absolute Gasteiger partial charge is 0.255 e. The third-order valence-corrected chi connectivity index (χ3v) is 3.31. The lowest BCUT2D eigenvalue weighted by molar-refractivity contribution is 0.0644. The van der Waals surface area contributed by atoms with Crippen molar-refractivity contribution in [3.63, 3.8) is 0 Å². The largest absolute Gasteiger partial charge is 0.489 e. The maximum atomic E-state index is 12.3. The van der Waals surface area contributed by atoms with Crippen LogP contribution in [0.15, 0.2) is 18.5 Å². The number of likely N-dealkylation sites (N-methyl/N-ethyl adjacent to an activating group) is 1. The first-order valence-corrected chi connectivity index (χ1v) is 7.02. The van der Waals surface area contributed by atoms with Gasteiger partial charge < -0.3 is 14.7 Å². The van der Waals surface area contributed by atoms with Gasteiger partial charge in [-0.05, 0) is 38.7 Å². The van der Waals surface area contributed by atoms with Crippen LogP contribution in [0.4, 0.5) is 0 Å². The van der Waals surface area contributed by atoms with Crippen LogP contribution in [0, 0.1) is 5.92 Å². The quantitative estimate of drug-likeness (QED) is 0.860. The minimum atomic E-state index is -0.424. The standard InChI is InChI=1S/C15H22N2O3/c1-10(2)20-13-6-12(7-16-8-13)15(19)17(3)9-14(18)11-4-5-11/h6-8,10-11,14,18H,4-5,9H2,1-3H3. The molecule has 1 saturated carbocycles. The van der Waals surface area contributed by atoms with E-state index in [2.05, 4.69) is 4.98 Å². The van der Waals surface area contributed by atoms with Crippen molar-refractivity contribution in [3.8, 4) is 5.75 Å². The van der Waals surface area contributed by atoms with Gasteiger partial charge in [-0.1, -0.05) is 0 Å². The molecule has 0 aliphatic heterocycles. The van der Waals surface area contributed by atoms with Gasteiger partial charge >= 0.3 is 0 Å². The topological polar surface area (TPSA) is 62.7 Å². The lowest BCUT2D eigenvalue weighted by Gasteiger charge is -2.21. The van der Waals surface area contributed by atoms with E-state index in [1.807, 2.05) is 13.8 Å². The van der Waals surface area contributed by atoms with Crippen molar-refractivity contribution in [1.29, 1.82) is 0 Å². The average Bonchev–Trinajstić information content (AvgIpc) is 3.21. The predicted octanol–water partition coefficient (Wildman–Crippen LogP) is 1.71. The summed E-state index contributed by atoms with van der Waals surface area (Å²) in [4.78, 5) is 17.9. The Labute approximate surface area is 119 Å². The van der Waals surface area contributed by atoms with Crippen LogP contribution in [-0.4, -0.2) is 46.7 Å². The zero-order chi connectivity index (χ0) is 14.7. The molecule has 5 heteroatoms. The summed E-state index contributed by atoms with van der Waals surface area (Å²) in [6, 6.07) is 1.69. The molecule has 1 heterocycles. The Morgan fingerprint density at radius 1 is 1.50 bits per heavy atom. The van der Waals surface area contributed by atoms with E-state index in [-0.39, 0.29) is 12.0 Å². The monoisotopic (exact) mass is 278 g/mol. The number of rotatable bonds is 6. The zero-order valence-corrected chi connectivity index (χ0v) is 12.2. The van der Waals surface area contributed by atoms with Crippen molar-refractivity contribution >= 4 is 5.91 Å². The van der Waals surface area contributed by atoms with Gasteiger partial charge in [-0.3, -0.25) is 9.78 Å². The van der Waals surface area contributed by atoms with Crippen molar-refractivity contribution in [1.82, 2.24) is 9.88 Å². The second kappa shape index (κ2) is 6.22. The van der Waals surface area contributed by atoms with E-state index in [1.165, 1.54) is 6.20 Å². The Bertz CT molecular complexity index is 472. The average molecular weight is 278 g/mol. The minimum Gasteiger partial charge on any atom is -0.489 e. The lowest BCUT2D eigenvalue weighted by Crippen LogP contribution is -2.35. The van der Waals surface area contributed by atoms with E-state index in [0.717, 1.165) is 12.8 Å². The molecule has 1 N–H and O–H groups in total. The highest BCUT2D eigenvalue weighted by Gasteiger charge is 2.31. The molecule has 1 unspecified atom stereocenters. The maximum Gasteiger partial charge on any atom is 0.255 e. The molecule has 0 radical (unpaired) electrons. The van der Waals surface area contributed by atoms with Gasteiger partial charge in [0, 0.05) is 19.8 Å². The predicted molar refractivity (Wildman–Crippen MR) is 75.7 cm³/mol. The number of pyridine rings is 1. The van der Waals surface area contributed by atoms with E-state index in [1.54, 1.807) is 24.2 Å². The number of carbonyl (C=O) groups excluding carboxylic acids is 1. The molecular weight excluding hydrogens is 256 g/mol. The fourth-order valence-corrected chi connectivity index (χ4v) is 2.09. The number of hydrogen-bond acceptors (Lipinski definition) is 4. The summed E-state index contributed by atoms with van der Waals surface area (Å²) in [6.45, 7) is 4.21. The van der Waals surface area contributed by atoms with Gasteiger partial charge in [-0.15, -0.1) is 0 Å². The van der Waals surface area contributed by atoms with Crippen LogP contribution in [0.1, 0.15) is 37.0 Å². The number of hydrogen-bond donors (Lipinski definition) is 1. The van der Waals surface area contributed by atoms with E-state index in [0.29, 0.717) is 23.8 Å². The third-order valence-electron chi connectivity index (χ3n) is 3.31. The fraction of sp³-hybridized carbons (Fsp3) is 0.600. The molecule has 20 heavy (non-hydrogen) atoms. The molecule has 1 aromatic heterocycles. The van der Waals surface area contributed by atoms with Gasteiger partial charge in [0.1, 0.15) is 5.75 Å². The molecule has 110 valence electrons. The summed E-state index contributed by atoms with van der Waals surface area (Å²) in [5.74, 6) is 0.799. The van der Waals surface area contributed by atoms with Crippen LogP contribution >= 0.6 is 0 Å². The summed E-state index contributed by atoms with van der Waals surface area (Å²) in [6.07, 6.45) is 4.85. The Morgan fingerprint density at radius 2 is 2.20 bits per heavy atom. The summed E-state index contributed by atoms with van der Waals surface area (Å²) < 4.78 is 5.53. The highest BCUT2D eigenvalue weighted by molar-refractivity contribution is 5.94. The van der Waals surface area contributed by atoms with E-state index in [9.17, 15) is 9.90 Å². The Balaban J connectivity index is 1.99. The number of carbonyl (C=O) groups is 1. The Hall–Kier alpha value is -1.62. The van der Waals surface area contributed by atoms with Crippen molar-refractivity contribution in [2.75, 3.05) is 13.6 Å². The first kappa shape index (κ1) is 14.8. The number of nitrogens with zero attached hydrogens (tertiary/aromatic N) is 2. The van der Waals surface area contributed by atoms with Gasteiger partial charge in [0.25, 0.3) is 5.91 Å². The Morgan fingerprint density at radius 3 is 2.80 bits per heavy atom. The summed E-state index contributed by atoms with van der Waals surface area (Å²) >= 11 is 0. The SMILES string of the molecule is CC(C)Oc1cncc(C(=O)N(C)CC(O)C2CC2)c1. The molecule has 1 aliphatic carbocycles. The first-order valence-electron chi connectivity index (χ1n) is 7.02. The maximum absolute atomic E-state index is 12.3. The highest BCUT2D eigenvalue weighted by Crippen LogP contribution is 2.32. The molecule has 5 nitrogen and oxygen atoms in total. The molecule has 0 bridgehead atoms. The van der Waals surface area contributed by atoms with Gasteiger partial charge in [-0.25, -0.2) is 0 Å². The van der Waals surface area contributed by atoms with Gasteiger partial charge in [0.05, 0.1) is 24.0 Å². The first-order chi connectivity index (χ1) is 9.47. The number of ether oxygens (including phenoxy) is 1. The van der Waals surface area contributed by atoms with Gasteiger partial charge in [0.2, 0.25) is 0 Å². The molecular formula is C15H22N2O3. The van der Waals surface area contributed by atoms with Crippen LogP contribution in [0.25, 0.3) is 0 Å². The minimum absolute atomic E-state index is 0.0385. The van der Waals surface area contributed by atoms with Crippen LogP contribution < -0.4 is 4.74 Å². The van der Waals surface area contributed by atoms with Crippen molar-refractivity contribution in [2.24, 2.45) is 5.92 Å². The molecule has 1 amide bonds. The van der Waals surface area contributed by atoms with E-state index in [4.69, 9.17) is 4.74 Å². The zero-order valence-electron chi connectivity index (χ0n) is 12.2. The molecule has 0 saturated heterocycles. The van der Waals surface area contributed by atoms with Crippen molar-refractivity contribution in [3.05, 3.63) is 24.0 Å². The molecule has 0 aromatic carbocycles.